The summed E-state index contributed by atoms with van der Waals surface area (Å²) in [6, 6.07) is 3.20. The van der Waals surface area contributed by atoms with E-state index < -0.39 is 24.4 Å². The number of aliphatic hydroxyl groups is 1. The second-order valence-electron chi connectivity index (χ2n) is 6.72. The first-order chi connectivity index (χ1) is 9.21. The molecule has 3 nitrogen and oxygen atoms in total. The monoisotopic (exact) mass is 278 g/mol. The van der Waals surface area contributed by atoms with Crippen LogP contribution in [0.5, 0.6) is 0 Å². The number of aryl methyl sites for hydroxylation is 1. The van der Waals surface area contributed by atoms with Crippen molar-refractivity contribution in [2.45, 2.75) is 57.8 Å². The minimum Gasteiger partial charge on any atom is -0.399 e. The quantitative estimate of drug-likeness (QED) is 0.800. The summed E-state index contributed by atoms with van der Waals surface area (Å²) in [5, 5.41) is 9.94. The average molecular weight is 278 g/mol. The molecule has 20 heavy (non-hydrogen) atoms. The van der Waals surface area contributed by atoms with E-state index in [0.717, 1.165) is 17.5 Å². The van der Waals surface area contributed by atoms with Crippen LogP contribution in [-0.4, -0.2) is 23.4 Å². The smallest absolute Gasteiger partial charge is 0.399 e. The highest BCUT2D eigenvalue weighted by atomic mass is 19.1. The van der Waals surface area contributed by atoms with Crippen LogP contribution < -0.4 is 5.46 Å². The Labute approximate surface area is 119 Å². The molecular weight excluding hydrogens is 258 g/mol. The van der Waals surface area contributed by atoms with E-state index in [1.807, 2.05) is 27.7 Å². The van der Waals surface area contributed by atoms with Crippen molar-refractivity contribution in [3.8, 4) is 0 Å². The maximum Gasteiger partial charge on any atom is 0.497 e. The summed E-state index contributed by atoms with van der Waals surface area (Å²) in [6.45, 7) is 7.75. The van der Waals surface area contributed by atoms with Crippen molar-refractivity contribution in [2.24, 2.45) is 0 Å². The molecule has 5 heteroatoms. The summed E-state index contributed by atoms with van der Waals surface area (Å²) in [4.78, 5) is 0. The molecule has 1 unspecified atom stereocenters. The van der Waals surface area contributed by atoms with Crippen molar-refractivity contribution in [1.82, 2.24) is 0 Å². The van der Waals surface area contributed by atoms with Gasteiger partial charge in [-0.1, -0.05) is 6.07 Å². The van der Waals surface area contributed by atoms with Gasteiger partial charge in [0.1, 0.15) is 5.82 Å². The van der Waals surface area contributed by atoms with Crippen LogP contribution in [0.1, 0.15) is 51.3 Å². The average Bonchev–Trinajstić information content (AvgIpc) is 2.77. The van der Waals surface area contributed by atoms with Gasteiger partial charge >= 0.3 is 7.12 Å². The van der Waals surface area contributed by atoms with Crippen molar-refractivity contribution in [2.75, 3.05) is 0 Å². The maximum atomic E-state index is 14.3. The van der Waals surface area contributed by atoms with E-state index in [1.54, 1.807) is 6.07 Å². The molecule has 0 bridgehead atoms. The van der Waals surface area contributed by atoms with E-state index in [2.05, 4.69) is 0 Å². The van der Waals surface area contributed by atoms with Crippen LogP contribution in [-0.2, 0) is 15.7 Å². The predicted molar refractivity (Wildman–Crippen MR) is 75.4 cm³/mol. The zero-order valence-corrected chi connectivity index (χ0v) is 12.4. The molecule has 1 heterocycles. The standard InChI is InChI=1S/C15H20BFO3/c1-14(2)15(3,4)20-16(19-14)11-8-10-9(7-12(11)17)5-6-13(10)18/h7-8,13,18H,5-6H2,1-4H3. The molecule has 1 aliphatic carbocycles. The highest BCUT2D eigenvalue weighted by Crippen LogP contribution is 2.37. The molecule has 0 amide bonds. The zero-order chi connectivity index (χ0) is 14.7. The van der Waals surface area contributed by atoms with Gasteiger partial charge < -0.3 is 14.4 Å². The van der Waals surface area contributed by atoms with Crippen LogP contribution >= 0.6 is 0 Å². The molecule has 1 saturated heterocycles. The highest BCUT2D eigenvalue weighted by Gasteiger charge is 2.52. The normalized spacial score (nSPS) is 26.9. The minimum absolute atomic E-state index is 0.323. The van der Waals surface area contributed by atoms with Crippen molar-refractivity contribution >= 4 is 12.6 Å². The Balaban J connectivity index is 1.99. The van der Waals surface area contributed by atoms with E-state index in [0.29, 0.717) is 11.9 Å². The molecule has 3 rings (SSSR count). The van der Waals surface area contributed by atoms with Gasteiger partial charge in [0.25, 0.3) is 0 Å². The molecule has 1 aromatic carbocycles. The number of fused-ring (bicyclic) bond motifs is 1. The summed E-state index contributed by atoms with van der Waals surface area (Å²) in [5.41, 5.74) is 1.07. The fourth-order valence-electron chi connectivity index (χ4n) is 2.77. The second kappa shape index (κ2) is 4.29. The van der Waals surface area contributed by atoms with Crippen LogP contribution in [0.4, 0.5) is 4.39 Å². The van der Waals surface area contributed by atoms with Crippen LogP contribution in [0.25, 0.3) is 0 Å². The summed E-state index contributed by atoms with van der Waals surface area (Å²) in [6.07, 6.45) is 0.866. The van der Waals surface area contributed by atoms with Gasteiger partial charge in [-0.15, -0.1) is 0 Å². The van der Waals surface area contributed by atoms with Gasteiger partial charge in [0.15, 0.2) is 0 Å². The number of aliphatic hydroxyl groups excluding tert-OH is 1. The summed E-state index contributed by atoms with van der Waals surface area (Å²) < 4.78 is 26.1. The third-order valence-corrected chi connectivity index (χ3v) is 4.81. The van der Waals surface area contributed by atoms with E-state index in [1.165, 1.54) is 6.07 Å². The molecule has 1 aliphatic heterocycles. The minimum atomic E-state index is -0.724. The second-order valence-corrected chi connectivity index (χ2v) is 6.72. The lowest BCUT2D eigenvalue weighted by molar-refractivity contribution is 0.00578. The topological polar surface area (TPSA) is 38.7 Å². The Kier molecular flexibility index (Phi) is 3.02. The Morgan fingerprint density at radius 2 is 1.80 bits per heavy atom. The Morgan fingerprint density at radius 3 is 2.40 bits per heavy atom. The molecule has 0 radical (unpaired) electrons. The van der Waals surface area contributed by atoms with Gasteiger partial charge in [-0.25, -0.2) is 4.39 Å². The van der Waals surface area contributed by atoms with Gasteiger partial charge in [-0.05, 0) is 57.7 Å². The molecule has 1 atom stereocenters. The summed E-state index contributed by atoms with van der Waals surface area (Å²) >= 11 is 0. The van der Waals surface area contributed by atoms with Crippen LogP contribution in [0.15, 0.2) is 12.1 Å². The molecule has 2 aliphatic rings. The van der Waals surface area contributed by atoms with E-state index >= 15 is 0 Å². The lowest BCUT2D eigenvalue weighted by Crippen LogP contribution is -2.41. The van der Waals surface area contributed by atoms with Crippen molar-refractivity contribution in [1.29, 1.82) is 0 Å². The molecule has 0 spiro atoms. The predicted octanol–water partition coefficient (Wildman–Crippen LogP) is 2.10. The number of hydrogen-bond acceptors (Lipinski definition) is 3. The number of rotatable bonds is 1. The van der Waals surface area contributed by atoms with E-state index in [9.17, 15) is 9.50 Å². The van der Waals surface area contributed by atoms with Gasteiger partial charge in [-0.2, -0.15) is 0 Å². The first-order valence-corrected chi connectivity index (χ1v) is 7.07. The largest absolute Gasteiger partial charge is 0.497 e. The first kappa shape index (κ1) is 14.0. The van der Waals surface area contributed by atoms with Crippen LogP contribution in [0.3, 0.4) is 0 Å². The molecule has 108 valence electrons. The van der Waals surface area contributed by atoms with Gasteiger partial charge in [0, 0.05) is 5.46 Å². The summed E-state index contributed by atoms with van der Waals surface area (Å²) in [5.74, 6) is -0.323. The Hall–Kier alpha value is -0.905. The number of halogens is 1. The zero-order valence-electron chi connectivity index (χ0n) is 12.4. The van der Waals surface area contributed by atoms with Gasteiger partial charge in [-0.3, -0.25) is 0 Å². The van der Waals surface area contributed by atoms with Crippen molar-refractivity contribution < 1.29 is 18.8 Å². The fraction of sp³-hybridized carbons (Fsp3) is 0.600. The molecule has 1 aromatic rings. The van der Waals surface area contributed by atoms with Crippen LogP contribution in [0, 0.1) is 5.82 Å². The molecule has 0 saturated carbocycles. The third kappa shape index (κ3) is 2.00. The lowest BCUT2D eigenvalue weighted by Gasteiger charge is -2.32. The number of benzene rings is 1. The van der Waals surface area contributed by atoms with E-state index in [-0.39, 0.29) is 5.82 Å². The number of hydrogen-bond donors (Lipinski definition) is 1. The molecule has 1 fully saturated rings. The highest BCUT2D eigenvalue weighted by molar-refractivity contribution is 6.62. The van der Waals surface area contributed by atoms with Crippen LogP contribution in [0.2, 0.25) is 0 Å². The molecule has 0 aromatic heterocycles. The maximum absolute atomic E-state index is 14.3. The van der Waals surface area contributed by atoms with Crippen molar-refractivity contribution in [3.05, 3.63) is 29.1 Å². The Morgan fingerprint density at radius 1 is 1.20 bits per heavy atom. The fourth-order valence-corrected chi connectivity index (χ4v) is 2.77. The van der Waals surface area contributed by atoms with Crippen molar-refractivity contribution in [3.63, 3.8) is 0 Å². The Bertz CT molecular complexity index is 540. The first-order valence-electron chi connectivity index (χ1n) is 7.07. The van der Waals surface area contributed by atoms with Gasteiger partial charge in [0.2, 0.25) is 0 Å². The lowest BCUT2D eigenvalue weighted by atomic mass is 9.77. The third-order valence-electron chi connectivity index (χ3n) is 4.81. The van der Waals surface area contributed by atoms with E-state index in [4.69, 9.17) is 9.31 Å². The van der Waals surface area contributed by atoms with Gasteiger partial charge in [0.05, 0.1) is 17.3 Å². The molecular formula is C15H20BFO3. The molecule has 1 N–H and O–H groups in total. The SMILES string of the molecule is CC1(C)OB(c2cc3c(cc2F)CCC3O)OC1(C)C. The summed E-state index contributed by atoms with van der Waals surface area (Å²) in [7, 11) is -0.724.